The molecule has 0 aliphatic heterocycles. The molecule has 2 unspecified atom stereocenters. The maximum absolute atomic E-state index is 13.4. The van der Waals surface area contributed by atoms with Crippen LogP contribution in [-0.2, 0) is 9.16 Å². The first-order chi connectivity index (χ1) is 8.10. The third kappa shape index (κ3) is 8.34. The van der Waals surface area contributed by atoms with Gasteiger partial charge in [0, 0.05) is 0 Å². The Labute approximate surface area is 118 Å². The molecule has 0 rings (SSSR count). The summed E-state index contributed by atoms with van der Waals surface area (Å²) in [6.45, 7) is 11.2. The van der Waals surface area contributed by atoms with Crippen LogP contribution in [0, 0.1) is 0 Å². The summed E-state index contributed by atoms with van der Waals surface area (Å²) in [6, 6.07) is 0. The Balaban J connectivity index is 4.62. The van der Waals surface area contributed by atoms with Gasteiger partial charge in [0.1, 0.15) is 0 Å². The van der Waals surface area contributed by atoms with Gasteiger partial charge in [0.05, 0.1) is 6.10 Å². The fraction of sp³-hybridized carbons (Fsp3) is 0.833. The van der Waals surface area contributed by atoms with E-state index >= 15 is 0 Å². The highest BCUT2D eigenvalue weighted by Gasteiger charge is 2.42. The molecular weight excluding hydrogens is 322 g/mol. The van der Waals surface area contributed by atoms with E-state index < -0.39 is 25.5 Å². The molecule has 0 N–H and O–H groups in total. The second-order valence-corrected chi connectivity index (χ2v) is 10.7. The Morgan fingerprint density at radius 2 is 1.94 bits per heavy atom. The smallest absolute Gasteiger partial charge is 0.350 e. The van der Waals surface area contributed by atoms with E-state index in [9.17, 15) is 8.78 Å². The van der Waals surface area contributed by atoms with Crippen LogP contribution < -0.4 is 0 Å². The molecule has 0 aliphatic carbocycles. The summed E-state index contributed by atoms with van der Waals surface area (Å²) < 4.78 is 37.5. The van der Waals surface area contributed by atoms with Crippen LogP contribution >= 0.6 is 15.9 Å². The lowest BCUT2D eigenvalue weighted by atomic mass is 10.1. The lowest BCUT2D eigenvalue weighted by molar-refractivity contribution is -0.193. The number of alkyl halides is 3. The summed E-state index contributed by atoms with van der Waals surface area (Å²) in [5, 5.41) is 0. The van der Waals surface area contributed by atoms with Crippen molar-refractivity contribution in [2.24, 2.45) is 0 Å². The molecular formula is C12H23BrF2O2Si. The minimum atomic E-state index is -3.19. The quantitative estimate of drug-likeness (QED) is 0.256. The molecule has 0 aromatic heterocycles. The standard InChI is InChI=1S/C12H23BrF2O2Si/c1-6-8-9-10(7-2)16-11(12(13,14)15)17-18(3,4)5/h7,10-11H,2,6,8-9H2,1,3-5H3. The summed E-state index contributed by atoms with van der Waals surface area (Å²) in [5.74, 6) is 0. The van der Waals surface area contributed by atoms with E-state index in [1.807, 2.05) is 26.6 Å². The van der Waals surface area contributed by atoms with Crippen LogP contribution in [0.3, 0.4) is 0 Å². The van der Waals surface area contributed by atoms with E-state index in [1.165, 1.54) is 0 Å². The Kier molecular flexibility index (Phi) is 7.81. The van der Waals surface area contributed by atoms with Crippen molar-refractivity contribution in [3.63, 3.8) is 0 Å². The molecule has 0 fully saturated rings. The van der Waals surface area contributed by atoms with Crippen molar-refractivity contribution < 1.29 is 17.9 Å². The molecule has 0 aromatic carbocycles. The molecule has 0 aliphatic rings. The molecule has 108 valence electrons. The van der Waals surface area contributed by atoms with Crippen molar-refractivity contribution >= 4 is 24.2 Å². The van der Waals surface area contributed by atoms with Gasteiger partial charge < -0.3 is 9.16 Å². The number of ether oxygens (including phenoxy) is 1. The molecule has 6 heteroatoms. The van der Waals surface area contributed by atoms with Gasteiger partial charge in [-0.05, 0) is 42.0 Å². The van der Waals surface area contributed by atoms with Crippen LogP contribution in [0.15, 0.2) is 12.7 Å². The normalized spacial score (nSPS) is 16.4. The number of halogens is 3. The maximum Gasteiger partial charge on any atom is 0.350 e. The molecule has 0 spiro atoms. The third-order valence-electron chi connectivity index (χ3n) is 2.13. The SMILES string of the molecule is C=CC(CCCC)OC(O[Si](C)(C)C)C(F)(F)Br. The first kappa shape index (κ1) is 18.2. The third-order valence-corrected chi connectivity index (χ3v) is 3.43. The number of rotatable bonds is 9. The molecule has 18 heavy (non-hydrogen) atoms. The van der Waals surface area contributed by atoms with Gasteiger partial charge in [0.15, 0.2) is 8.32 Å². The second-order valence-electron chi connectivity index (χ2n) is 5.16. The average molecular weight is 345 g/mol. The van der Waals surface area contributed by atoms with E-state index in [2.05, 4.69) is 22.5 Å². The molecule has 0 saturated heterocycles. The van der Waals surface area contributed by atoms with Crippen molar-refractivity contribution in [3.05, 3.63) is 12.7 Å². The highest BCUT2D eigenvalue weighted by Crippen LogP contribution is 2.32. The van der Waals surface area contributed by atoms with Crippen molar-refractivity contribution in [2.75, 3.05) is 0 Å². The summed E-state index contributed by atoms with van der Waals surface area (Å²) in [6.07, 6.45) is 2.14. The highest BCUT2D eigenvalue weighted by atomic mass is 79.9. The number of hydrogen-bond acceptors (Lipinski definition) is 2. The monoisotopic (exact) mass is 344 g/mol. The highest BCUT2D eigenvalue weighted by molar-refractivity contribution is 9.10. The van der Waals surface area contributed by atoms with Crippen molar-refractivity contribution in [2.45, 2.75) is 63.1 Å². The maximum atomic E-state index is 13.4. The van der Waals surface area contributed by atoms with Crippen LogP contribution in [0.1, 0.15) is 26.2 Å². The van der Waals surface area contributed by atoms with Crippen molar-refractivity contribution in [3.8, 4) is 0 Å². The summed E-state index contributed by atoms with van der Waals surface area (Å²) in [4.78, 5) is -3.19. The van der Waals surface area contributed by atoms with Crippen LogP contribution in [0.2, 0.25) is 19.6 Å². The first-order valence-corrected chi connectivity index (χ1v) is 10.3. The van der Waals surface area contributed by atoms with Gasteiger partial charge in [-0.2, -0.15) is 8.78 Å². The molecule has 2 atom stereocenters. The summed E-state index contributed by atoms with van der Waals surface area (Å²) in [5.41, 5.74) is 0. The van der Waals surface area contributed by atoms with Gasteiger partial charge in [-0.25, -0.2) is 0 Å². The summed E-state index contributed by atoms with van der Waals surface area (Å²) in [7, 11) is -2.11. The minimum absolute atomic E-state index is 0.408. The molecule has 0 aromatic rings. The van der Waals surface area contributed by atoms with E-state index in [1.54, 1.807) is 6.08 Å². The lowest BCUT2D eigenvalue weighted by Gasteiger charge is -2.31. The molecule has 0 bridgehead atoms. The van der Waals surface area contributed by atoms with Crippen LogP contribution in [0.5, 0.6) is 0 Å². The van der Waals surface area contributed by atoms with E-state index in [0.717, 1.165) is 12.8 Å². The van der Waals surface area contributed by atoms with E-state index in [0.29, 0.717) is 6.42 Å². The molecule has 0 radical (unpaired) electrons. The van der Waals surface area contributed by atoms with Gasteiger partial charge >= 0.3 is 4.83 Å². The van der Waals surface area contributed by atoms with Gasteiger partial charge in [-0.1, -0.05) is 25.8 Å². The predicted molar refractivity (Wildman–Crippen MR) is 76.7 cm³/mol. The predicted octanol–water partition coefficient (Wildman–Crippen LogP) is 4.91. The molecule has 0 saturated carbocycles. The Morgan fingerprint density at radius 1 is 1.39 bits per heavy atom. The van der Waals surface area contributed by atoms with Gasteiger partial charge in [-0.15, -0.1) is 6.58 Å². The average Bonchev–Trinajstić information content (AvgIpc) is 2.19. The molecule has 0 heterocycles. The zero-order chi connectivity index (χ0) is 14.4. The first-order valence-electron chi connectivity index (χ1n) is 6.12. The Bertz CT molecular complexity index is 251. The van der Waals surface area contributed by atoms with Gasteiger partial charge in [0.2, 0.25) is 6.29 Å². The summed E-state index contributed by atoms with van der Waals surface area (Å²) >= 11 is 2.33. The fourth-order valence-corrected chi connectivity index (χ4v) is 2.52. The Hall–Kier alpha value is 0.217. The fourth-order valence-electron chi connectivity index (χ4n) is 1.30. The van der Waals surface area contributed by atoms with Gasteiger partial charge in [0.25, 0.3) is 0 Å². The van der Waals surface area contributed by atoms with Crippen LogP contribution in [-0.4, -0.2) is 25.5 Å². The van der Waals surface area contributed by atoms with Crippen LogP contribution in [0.4, 0.5) is 8.78 Å². The van der Waals surface area contributed by atoms with Gasteiger partial charge in [-0.3, -0.25) is 0 Å². The molecule has 0 amide bonds. The lowest BCUT2D eigenvalue weighted by Crippen LogP contribution is -2.43. The zero-order valence-electron chi connectivity index (χ0n) is 11.5. The minimum Gasteiger partial charge on any atom is -0.388 e. The van der Waals surface area contributed by atoms with Crippen molar-refractivity contribution in [1.29, 1.82) is 0 Å². The van der Waals surface area contributed by atoms with E-state index in [-0.39, 0.29) is 0 Å². The van der Waals surface area contributed by atoms with Crippen LogP contribution in [0.25, 0.3) is 0 Å². The van der Waals surface area contributed by atoms with E-state index in [4.69, 9.17) is 9.16 Å². The largest absolute Gasteiger partial charge is 0.388 e. The zero-order valence-corrected chi connectivity index (χ0v) is 14.1. The Morgan fingerprint density at radius 3 is 2.28 bits per heavy atom. The topological polar surface area (TPSA) is 18.5 Å². The number of hydrogen-bond donors (Lipinski definition) is 0. The van der Waals surface area contributed by atoms with Crippen molar-refractivity contribution in [1.82, 2.24) is 0 Å². The molecule has 2 nitrogen and oxygen atoms in total. The second kappa shape index (κ2) is 7.72. The number of unbranched alkanes of at least 4 members (excludes halogenated alkanes) is 1.